The molecule has 0 aromatic heterocycles. The van der Waals surface area contributed by atoms with Crippen LogP contribution in [-0.4, -0.2) is 45.2 Å². The molecular weight excluding hydrogens is 229 g/mol. The van der Waals surface area contributed by atoms with Crippen molar-refractivity contribution in [2.75, 3.05) is 45.2 Å². The molecule has 1 aromatic carbocycles. The summed E-state index contributed by atoms with van der Waals surface area (Å²) in [5.41, 5.74) is 1.82. The van der Waals surface area contributed by atoms with Crippen LogP contribution < -0.4 is 10.2 Å². The molecule has 1 heterocycles. The normalized spacial score (nSPS) is 17.8. The highest BCUT2D eigenvalue weighted by molar-refractivity contribution is 5.55. The maximum atomic E-state index is 14.1. The van der Waals surface area contributed by atoms with Gasteiger partial charge < -0.3 is 15.1 Å². The van der Waals surface area contributed by atoms with Crippen molar-refractivity contribution in [3.05, 3.63) is 29.6 Å². The number of benzene rings is 1. The van der Waals surface area contributed by atoms with Crippen LogP contribution in [0.5, 0.6) is 0 Å². The van der Waals surface area contributed by atoms with E-state index in [2.05, 4.69) is 22.2 Å². The van der Waals surface area contributed by atoms with E-state index in [1.165, 1.54) is 0 Å². The van der Waals surface area contributed by atoms with Crippen molar-refractivity contribution in [1.82, 2.24) is 10.2 Å². The van der Waals surface area contributed by atoms with E-state index in [-0.39, 0.29) is 5.82 Å². The zero-order valence-corrected chi connectivity index (χ0v) is 11.2. The van der Waals surface area contributed by atoms with Gasteiger partial charge in [0.2, 0.25) is 0 Å². The SMILES string of the molecule is CNCc1cccc(F)c1N1CCCN(C)CC1. The molecule has 0 aliphatic carbocycles. The molecule has 1 aliphatic heterocycles. The molecule has 0 spiro atoms. The maximum absolute atomic E-state index is 14.1. The van der Waals surface area contributed by atoms with Crippen LogP contribution in [-0.2, 0) is 6.54 Å². The fraction of sp³-hybridized carbons (Fsp3) is 0.571. The summed E-state index contributed by atoms with van der Waals surface area (Å²) in [6.07, 6.45) is 1.09. The zero-order chi connectivity index (χ0) is 13.0. The van der Waals surface area contributed by atoms with E-state index in [1.54, 1.807) is 12.1 Å². The van der Waals surface area contributed by atoms with Gasteiger partial charge in [-0.25, -0.2) is 4.39 Å². The van der Waals surface area contributed by atoms with E-state index in [0.717, 1.165) is 43.9 Å². The van der Waals surface area contributed by atoms with Crippen LogP contribution in [0.1, 0.15) is 12.0 Å². The van der Waals surface area contributed by atoms with Crippen LogP contribution in [0.2, 0.25) is 0 Å². The van der Waals surface area contributed by atoms with Gasteiger partial charge in [-0.05, 0) is 38.7 Å². The minimum Gasteiger partial charge on any atom is -0.368 e. The number of likely N-dealkylation sites (N-methyl/N-ethyl adjacent to an activating group) is 1. The molecule has 0 saturated carbocycles. The van der Waals surface area contributed by atoms with Crippen molar-refractivity contribution in [2.45, 2.75) is 13.0 Å². The molecule has 0 bridgehead atoms. The van der Waals surface area contributed by atoms with Gasteiger partial charge in [0, 0.05) is 26.2 Å². The number of para-hydroxylation sites is 1. The topological polar surface area (TPSA) is 18.5 Å². The van der Waals surface area contributed by atoms with Crippen molar-refractivity contribution in [3.63, 3.8) is 0 Å². The molecule has 3 nitrogen and oxygen atoms in total. The Balaban J connectivity index is 2.25. The van der Waals surface area contributed by atoms with E-state index in [4.69, 9.17) is 0 Å². The average molecular weight is 251 g/mol. The fourth-order valence-electron chi connectivity index (χ4n) is 2.52. The number of halogens is 1. The summed E-state index contributed by atoms with van der Waals surface area (Å²) in [6.45, 7) is 4.62. The third-order valence-corrected chi connectivity index (χ3v) is 3.47. The van der Waals surface area contributed by atoms with E-state index < -0.39 is 0 Å². The lowest BCUT2D eigenvalue weighted by molar-refractivity contribution is 0.360. The maximum Gasteiger partial charge on any atom is 0.146 e. The second-order valence-electron chi connectivity index (χ2n) is 4.92. The number of hydrogen-bond donors (Lipinski definition) is 1. The van der Waals surface area contributed by atoms with Gasteiger partial charge in [0.05, 0.1) is 5.69 Å². The third kappa shape index (κ3) is 3.00. The molecule has 0 radical (unpaired) electrons. The minimum absolute atomic E-state index is 0.104. The van der Waals surface area contributed by atoms with Crippen molar-refractivity contribution >= 4 is 5.69 Å². The number of anilines is 1. The lowest BCUT2D eigenvalue weighted by Crippen LogP contribution is -2.30. The summed E-state index contributed by atoms with van der Waals surface area (Å²) >= 11 is 0. The van der Waals surface area contributed by atoms with Crippen molar-refractivity contribution in [2.24, 2.45) is 0 Å². The van der Waals surface area contributed by atoms with E-state index in [1.807, 2.05) is 13.1 Å². The number of nitrogens with zero attached hydrogens (tertiary/aromatic N) is 2. The number of hydrogen-bond acceptors (Lipinski definition) is 3. The first kappa shape index (κ1) is 13.3. The van der Waals surface area contributed by atoms with Crippen molar-refractivity contribution < 1.29 is 4.39 Å². The van der Waals surface area contributed by atoms with E-state index in [9.17, 15) is 4.39 Å². The first-order valence-corrected chi connectivity index (χ1v) is 6.58. The van der Waals surface area contributed by atoms with Crippen LogP contribution in [0.15, 0.2) is 18.2 Å². The molecule has 0 unspecified atom stereocenters. The molecule has 1 aromatic rings. The summed E-state index contributed by atoms with van der Waals surface area (Å²) < 4.78 is 14.1. The van der Waals surface area contributed by atoms with E-state index >= 15 is 0 Å². The lowest BCUT2D eigenvalue weighted by atomic mass is 10.1. The summed E-state index contributed by atoms with van der Waals surface area (Å²) in [5.74, 6) is -0.104. The van der Waals surface area contributed by atoms with Gasteiger partial charge in [-0.1, -0.05) is 12.1 Å². The van der Waals surface area contributed by atoms with Gasteiger partial charge in [-0.3, -0.25) is 0 Å². The highest BCUT2D eigenvalue weighted by Crippen LogP contribution is 2.25. The Hall–Kier alpha value is -1.13. The molecule has 1 saturated heterocycles. The Morgan fingerprint density at radius 1 is 1.22 bits per heavy atom. The molecule has 1 fully saturated rings. The Bertz CT molecular complexity index is 395. The van der Waals surface area contributed by atoms with Gasteiger partial charge in [-0.2, -0.15) is 0 Å². The van der Waals surface area contributed by atoms with Gasteiger partial charge >= 0.3 is 0 Å². The summed E-state index contributed by atoms with van der Waals surface area (Å²) in [7, 11) is 4.02. The predicted molar refractivity (Wildman–Crippen MR) is 73.5 cm³/mol. The van der Waals surface area contributed by atoms with Gasteiger partial charge in [0.1, 0.15) is 5.82 Å². The monoisotopic (exact) mass is 251 g/mol. The quantitative estimate of drug-likeness (QED) is 0.882. The molecule has 100 valence electrons. The molecule has 1 N–H and O–H groups in total. The highest BCUT2D eigenvalue weighted by atomic mass is 19.1. The summed E-state index contributed by atoms with van der Waals surface area (Å²) in [6, 6.07) is 5.35. The largest absolute Gasteiger partial charge is 0.368 e. The Morgan fingerprint density at radius 2 is 2.06 bits per heavy atom. The molecule has 2 rings (SSSR count). The minimum atomic E-state index is -0.104. The van der Waals surface area contributed by atoms with Gasteiger partial charge in [0.15, 0.2) is 0 Å². The fourth-order valence-corrected chi connectivity index (χ4v) is 2.52. The van der Waals surface area contributed by atoms with Crippen LogP contribution in [0.25, 0.3) is 0 Å². The van der Waals surface area contributed by atoms with Crippen molar-refractivity contribution in [3.8, 4) is 0 Å². The van der Waals surface area contributed by atoms with Crippen LogP contribution >= 0.6 is 0 Å². The summed E-state index contributed by atoms with van der Waals surface area (Å²) in [4.78, 5) is 4.49. The Labute approximate surface area is 109 Å². The lowest BCUT2D eigenvalue weighted by Gasteiger charge is -2.26. The standard InChI is InChI=1S/C14H22FN3/c1-16-11-12-5-3-6-13(15)14(12)18-8-4-7-17(2)9-10-18/h3,5-6,16H,4,7-11H2,1-2H3. The third-order valence-electron chi connectivity index (χ3n) is 3.47. The Kier molecular flexibility index (Phi) is 4.55. The van der Waals surface area contributed by atoms with Crippen LogP contribution in [0.3, 0.4) is 0 Å². The molecule has 0 amide bonds. The average Bonchev–Trinajstić information content (AvgIpc) is 2.55. The van der Waals surface area contributed by atoms with Crippen LogP contribution in [0.4, 0.5) is 10.1 Å². The molecular formula is C14H22FN3. The molecule has 4 heteroatoms. The second kappa shape index (κ2) is 6.16. The molecule has 0 atom stereocenters. The van der Waals surface area contributed by atoms with E-state index in [0.29, 0.717) is 6.54 Å². The smallest absolute Gasteiger partial charge is 0.146 e. The predicted octanol–water partition coefficient (Wildman–Crippen LogP) is 1.69. The van der Waals surface area contributed by atoms with Crippen molar-refractivity contribution in [1.29, 1.82) is 0 Å². The van der Waals surface area contributed by atoms with Crippen LogP contribution in [0, 0.1) is 5.82 Å². The zero-order valence-electron chi connectivity index (χ0n) is 11.2. The second-order valence-corrected chi connectivity index (χ2v) is 4.92. The number of nitrogens with one attached hydrogen (secondary N) is 1. The highest BCUT2D eigenvalue weighted by Gasteiger charge is 2.18. The van der Waals surface area contributed by atoms with Gasteiger partial charge in [0.25, 0.3) is 0 Å². The van der Waals surface area contributed by atoms with Gasteiger partial charge in [-0.15, -0.1) is 0 Å². The Morgan fingerprint density at radius 3 is 2.83 bits per heavy atom. The first-order valence-electron chi connectivity index (χ1n) is 6.58. The first-order chi connectivity index (χ1) is 8.72. The molecule has 18 heavy (non-hydrogen) atoms. The summed E-state index contributed by atoms with van der Waals surface area (Å²) in [5, 5.41) is 3.11. The molecule has 1 aliphatic rings. The number of rotatable bonds is 3.